The van der Waals surface area contributed by atoms with Crippen molar-refractivity contribution in [1.82, 2.24) is 4.98 Å². The maximum absolute atomic E-state index is 8.83. The van der Waals surface area contributed by atoms with Gasteiger partial charge >= 0.3 is 0 Å². The van der Waals surface area contributed by atoms with Gasteiger partial charge in [0.25, 0.3) is 0 Å². The van der Waals surface area contributed by atoms with E-state index in [0.717, 1.165) is 16.7 Å². The normalized spacial score (nSPS) is 10.2. The van der Waals surface area contributed by atoms with Gasteiger partial charge in [-0.3, -0.25) is 0 Å². The quantitative estimate of drug-likeness (QED) is 0.732. The zero-order valence-electron chi connectivity index (χ0n) is 9.55. The van der Waals surface area contributed by atoms with E-state index in [2.05, 4.69) is 11.1 Å². The first-order chi connectivity index (χ1) is 8.85. The van der Waals surface area contributed by atoms with Crippen LogP contribution in [0.1, 0.15) is 5.56 Å². The van der Waals surface area contributed by atoms with Gasteiger partial charge in [0.15, 0.2) is 0 Å². The fourth-order valence-electron chi connectivity index (χ4n) is 1.86. The molecule has 86 valence electrons. The summed E-state index contributed by atoms with van der Waals surface area (Å²) in [6.45, 7) is 0. The molecule has 0 spiro atoms. The molecule has 0 aliphatic heterocycles. The molecule has 0 saturated heterocycles. The predicted molar refractivity (Wildman–Crippen MR) is 69.5 cm³/mol. The molecule has 1 heterocycles. The summed E-state index contributed by atoms with van der Waals surface area (Å²) >= 11 is 0. The maximum atomic E-state index is 8.83. The van der Waals surface area contributed by atoms with Gasteiger partial charge in [-0.05, 0) is 42.5 Å². The standard InChI is InChI=1S/C15H10N2O/c16-10-11-2-1-3-13(8-11)18-14-4-5-15-12(9-14)6-7-17-15/h1-9,17H. The zero-order valence-corrected chi connectivity index (χ0v) is 9.55. The smallest absolute Gasteiger partial charge is 0.128 e. The highest BCUT2D eigenvalue weighted by Crippen LogP contribution is 2.25. The number of fused-ring (bicyclic) bond motifs is 1. The van der Waals surface area contributed by atoms with Gasteiger partial charge in [0.1, 0.15) is 11.5 Å². The second-order valence-corrected chi connectivity index (χ2v) is 3.97. The van der Waals surface area contributed by atoms with Gasteiger partial charge in [-0.25, -0.2) is 0 Å². The molecule has 0 unspecified atom stereocenters. The molecule has 3 aromatic rings. The van der Waals surface area contributed by atoms with E-state index in [0.29, 0.717) is 11.3 Å². The molecule has 0 bridgehead atoms. The van der Waals surface area contributed by atoms with Crippen LogP contribution in [0, 0.1) is 11.3 Å². The van der Waals surface area contributed by atoms with Crippen LogP contribution in [0.5, 0.6) is 11.5 Å². The Balaban J connectivity index is 1.93. The summed E-state index contributed by atoms with van der Waals surface area (Å²) in [5, 5.41) is 9.93. The molecule has 18 heavy (non-hydrogen) atoms. The Morgan fingerprint density at radius 2 is 1.89 bits per heavy atom. The van der Waals surface area contributed by atoms with Crippen LogP contribution in [-0.2, 0) is 0 Å². The summed E-state index contributed by atoms with van der Waals surface area (Å²) in [7, 11) is 0. The zero-order chi connectivity index (χ0) is 12.4. The first kappa shape index (κ1) is 10.4. The van der Waals surface area contributed by atoms with E-state index in [1.807, 2.05) is 42.6 Å². The van der Waals surface area contributed by atoms with E-state index in [-0.39, 0.29) is 0 Å². The number of hydrogen-bond acceptors (Lipinski definition) is 2. The minimum Gasteiger partial charge on any atom is -0.457 e. The van der Waals surface area contributed by atoms with Crippen LogP contribution in [0.25, 0.3) is 10.9 Å². The van der Waals surface area contributed by atoms with Crippen LogP contribution in [0.3, 0.4) is 0 Å². The largest absolute Gasteiger partial charge is 0.457 e. The Morgan fingerprint density at radius 3 is 2.78 bits per heavy atom. The lowest BCUT2D eigenvalue weighted by molar-refractivity contribution is 0.483. The highest BCUT2D eigenvalue weighted by Gasteiger charge is 2.01. The van der Waals surface area contributed by atoms with Crippen molar-refractivity contribution in [2.75, 3.05) is 0 Å². The first-order valence-electron chi connectivity index (χ1n) is 5.60. The first-order valence-corrected chi connectivity index (χ1v) is 5.60. The molecule has 0 saturated carbocycles. The third-order valence-electron chi connectivity index (χ3n) is 2.72. The average molecular weight is 234 g/mol. The number of aromatic amines is 1. The summed E-state index contributed by atoms with van der Waals surface area (Å²) in [5.74, 6) is 1.43. The van der Waals surface area contributed by atoms with E-state index in [4.69, 9.17) is 10.00 Å². The maximum Gasteiger partial charge on any atom is 0.128 e. The Hall–Kier alpha value is -2.73. The van der Waals surface area contributed by atoms with Gasteiger partial charge in [-0.1, -0.05) is 6.07 Å². The van der Waals surface area contributed by atoms with E-state index in [1.165, 1.54) is 0 Å². The van der Waals surface area contributed by atoms with Gasteiger partial charge < -0.3 is 9.72 Å². The number of hydrogen-bond donors (Lipinski definition) is 1. The predicted octanol–water partition coefficient (Wildman–Crippen LogP) is 3.83. The summed E-state index contributed by atoms with van der Waals surface area (Å²) in [5.41, 5.74) is 1.67. The second-order valence-electron chi connectivity index (χ2n) is 3.97. The minimum absolute atomic E-state index is 0.593. The van der Waals surface area contributed by atoms with Gasteiger partial charge in [-0.2, -0.15) is 5.26 Å². The molecule has 0 radical (unpaired) electrons. The number of nitriles is 1. The Labute approximate surface area is 104 Å². The fourth-order valence-corrected chi connectivity index (χ4v) is 1.86. The molecular formula is C15H10N2O. The Bertz CT molecular complexity index is 737. The number of aromatic nitrogens is 1. The number of rotatable bonds is 2. The van der Waals surface area contributed by atoms with Crippen molar-refractivity contribution >= 4 is 10.9 Å². The Kier molecular flexibility index (Phi) is 2.47. The van der Waals surface area contributed by atoms with Crippen LogP contribution in [-0.4, -0.2) is 4.98 Å². The molecule has 3 rings (SSSR count). The number of ether oxygens (including phenoxy) is 1. The molecule has 1 N–H and O–H groups in total. The van der Waals surface area contributed by atoms with Gasteiger partial charge in [0, 0.05) is 17.1 Å². The minimum atomic E-state index is 0.593. The lowest BCUT2D eigenvalue weighted by atomic mass is 10.2. The van der Waals surface area contributed by atoms with Crippen LogP contribution in [0.2, 0.25) is 0 Å². The number of nitrogens with one attached hydrogen (secondary N) is 1. The molecule has 1 aromatic heterocycles. The van der Waals surface area contributed by atoms with Crippen LogP contribution < -0.4 is 4.74 Å². The van der Waals surface area contributed by atoms with E-state index >= 15 is 0 Å². The second kappa shape index (κ2) is 4.27. The van der Waals surface area contributed by atoms with E-state index in [9.17, 15) is 0 Å². The van der Waals surface area contributed by atoms with Crippen molar-refractivity contribution in [1.29, 1.82) is 5.26 Å². The molecule has 3 nitrogen and oxygen atoms in total. The van der Waals surface area contributed by atoms with Gasteiger partial charge in [0.2, 0.25) is 0 Å². The highest BCUT2D eigenvalue weighted by atomic mass is 16.5. The van der Waals surface area contributed by atoms with Crippen molar-refractivity contribution < 1.29 is 4.74 Å². The lowest BCUT2D eigenvalue weighted by Gasteiger charge is -2.05. The highest BCUT2D eigenvalue weighted by molar-refractivity contribution is 5.80. The third kappa shape index (κ3) is 1.92. The van der Waals surface area contributed by atoms with Crippen molar-refractivity contribution in [2.45, 2.75) is 0 Å². The monoisotopic (exact) mass is 234 g/mol. The van der Waals surface area contributed by atoms with Crippen molar-refractivity contribution in [3.05, 3.63) is 60.3 Å². The SMILES string of the molecule is N#Cc1cccc(Oc2ccc3[nH]ccc3c2)c1. The molecule has 2 aromatic carbocycles. The Morgan fingerprint density at radius 1 is 1.00 bits per heavy atom. The average Bonchev–Trinajstić information content (AvgIpc) is 2.86. The van der Waals surface area contributed by atoms with Crippen LogP contribution >= 0.6 is 0 Å². The molecular weight excluding hydrogens is 224 g/mol. The topological polar surface area (TPSA) is 48.8 Å². The third-order valence-corrected chi connectivity index (χ3v) is 2.72. The molecule has 0 aliphatic carbocycles. The van der Waals surface area contributed by atoms with Crippen molar-refractivity contribution in [3.8, 4) is 17.6 Å². The fraction of sp³-hybridized carbons (Fsp3) is 0. The number of nitrogens with zero attached hydrogens (tertiary/aromatic N) is 1. The van der Waals surface area contributed by atoms with Crippen LogP contribution in [0.4, 0.5) is 0 Å². The van der Waals surface area contributed by atoms with Crippen LogP contribution in [0.15, 0.2) is 54.7 Å². The summed E-state index contributed by atoms with van der Waals surface area (Å²) < 4.78 is 5.73. The summed E-state index contributed by atoms with van der Waals surface area (Å²) in [6, 6.07) is 17.0. The van der Waals surface area contributed by atoms with Gasteiger partial charge in [0.05, 0.1) is 11.6 Å². The molecule has 0 fully saturated rings. The van der Waals surface area contributed by atoms with Gasteiger partial charge in [-0.15, -0.1) is 0 Å². The number of H-pyrrole nitrogens is 1. The lowest BCUT2D eigenvalue weighted by Crippen LogP contribution is -1.84. The number of benzene rings is 2. The molecule has 3 heteroatoms. The summed E-state index contributed by atoms with van der Waals surface area (Å²) in [4.78, 5) is 3.13. The van der Waals surface area contributed by atoms with Crippen molar-refractivity contribution in [2.24, 2.45) is 0 Å². The molecule has 0 aliphatic rings. The molecule has 0 amide bonds. The van der Waals surface area contributed by atoms with E-state index in [1.54, 1.807) is 12.1 Å². The molecule has 0 atom stereocenters. The van der Waals surface area contributed by atoms with Crippen molar-refractivity contribution in [3.63, 3.8) is 0 Å². The van der Waals surface area contributed by atoms with E-state index < -0.39 is 0 Å². The summed E-state index contributed by atoms with van der Waals surface area (Å²) in [6.07, 6.45) is 1.89.